The molecular weight excluding hydrogens is 526 g/mol. The van der Waals surface area contributed by atoms with Crippen LogP contribution in [0.25, 0.3) is 0 Å². The first-order valence-electron chi connectivity index (χ1n) is 8.50. The predicted molar refractivity (Wildman–Crippen MR) is 114 cm³/mol. The Morgan fingerprint density at radius 2 is 2.18 bits per heavy atom. The highest BCUT2D eigenvalue weighted by molar-refractivity contribution is 8.00. The molecule has 3 N–H and O–H groups in total. The second kappa shape index (κ2) is 9.95. The fraction of sp³-hybridized carbons (Fsp3) is 0.385. The number of hydrogen-bond acceptors (Lipinski definition) is 13. The maximum absolute atomic E-state index is 12.8. The molecule has 1 aliphatic rings. The fourth-order valence-corrected chi connectivity index (χ4v) is 5.43. The van der Waals surface area contributed by atoms with Crippen molar-refractivity contribution in [2.45, 2.75) is 16.6 Å². The Morgan fingerprint density at radius 3 is 2.76 bits per heavy atom. The number of oxime groups is 1. The van der Waals surface area contributed by atoms with E-state index in [2.05, 4.69) is 41.1 Å². The Hall–Kier alpha value is -2.87. The molecule has 1 fully saturated rings. The van der Waals surface area contributed by atoms with Crippen LogP contribution in [0.15, 0.2) is 15.7 Å². The average Bonchev–Trinajstić information content (AvgIpc) is 3.37. The van der Waals surface area contributed by atoms with Gasteiger partial charge in [0.15, 0.2) is 10.8 Å². The molecule has 3 heterocycles. The van der Waals surface area contributed by atoms with Gasteiger partial charge < -0.3 is 15.5 Å². The van der Waals surface area contributed by atoms with Gasteiger partial charge in [-0.05, 0) is 10.4 Å². The van der Waals surface area contributed by atoms with Gasteiger partial charge in [0.25, 0.3) is 11.8 Å². The lowest BCUT2D eigenvalue weighted by Gasteiger charge is -2.42. The van der Waals surface area contributed by atoms with Crippen molar-refractivity contribution in [3.63, 3.8) is 0 Å². The number of rotatable bonds is 9. The average molecular weight is 540 g/mol. The number of aryl methyl sites for hydroxylation is 1. The van der Waals surface area contributed by atoms with Crippen LogP contribution in [-0.2, 0) is 36.6 Å². The highest BCUT2D eigenvalue weighted by Gasteiger charge is 2.55. The third kappa shape index (κ3) is 5.38. The second-order valence-electron chi connectivity index (χ2n) is 6.00. The predicted octanol–water partition coefficient (Wildman–Crippen LogP) is -1.56. The number of β-lactam (4-membered cyclic amide) rings is 1. The van der Waals surface area contributed by atoms with Gasteiger partial charge in [-0.15, -0.1) is 28.0 Å². The number of carbonyl (C=O) groups excluding carboxylic acids is 3. The largest absolute Gasteiger partial charge is 0.398 e. The van der Waals surface area contributed by atoms with E-state index < -0.39 is 39.4 Å². The first-order chi connectivity index (χ1) is 15.6. The van der Waals surface area contributed by atoms with E-state index in [1.165, 1.54) is 24.2 Å². The SMILES string of the molecule is CO/N=C(\C(=O)N[C@@H]1C(=O)N(S(=O)(=O)O)[C@@H]1Sc1nnnn1C)c1csc(NC(=O)CCl)n1. The lowest BCUT2D eigenvalue weighted by atomic mass is 10.1. The molecule has 2 atom stereocenters. The number of thiazole rings is 1. The number of thioether (sulfide) groups is 1. The summed E-state index contributed by atoms with van der Waals surface area (Å²) < 4.78 is 34.1. The van der Waals surface area contributed by atoms with Gasteiger partial charge in [-0.25, -0.2) is 9.67 Å². The third-order valence-corrected chi connectivity index (χ3v) is 7.17. The van der Waals surface area contributed by atoms with Gasteiger partial charge >= 0.3 is 10.3 Å². The fourth-order valence-electron chi connectivity index (χ4n) is 2.46. The van der Waals surface area contributed by atoms with Gasteiger partial charge in [0.05, 0.1) is 0 Å². The first-order valence-corrected chi connectivity index (χ1v) is 12.2. The summed E-state index contributed by atoms with van der Waals surface area (Å²) in [6.45, 7) is 0. The van der Waals surface area contributed by atoms with Crippen LogP contribution in [0.2, 0.25) is 0 Å². The van der Waals surface area contributed by atoms with Crippen LogP contribution in [-0.4, -0.2) is 90.3 Å². The highest BCUT2D eigenvalue weighted by atomic mass is 35.5. The van der Waals surface area contributed by atoms with Gasteiger partial charge in [0.1, 0.15) is 30.1 Å². The van der Waals surface area contributed by atoms with Gasteiger partial charge in [0.2, 0.25) is 11.1 Å². The summed E-state index contributed by atoms with van der Waals surface area (Å²) in [6, 6.07) is -1.39. The molecule has 0 spiro atoms. The Bertz CT molecular complexity index is 1210. The summed E-state index contributed by atoms with van der Waals surface area (Å²) in [5, 5.41) is 19.4. The number of tetrazole rings is 1. The van der Waals surface area contributed by atoms with Gasteiger partial charge in [-0.3, -0.25) is 18.9 Å². The smallest absolute Gasteiger partial charge is 0.363 e. The van der Waals surface area contributed by atoms with E-state index in [0.29, 0.717) is 0 Å². The molecule has 0 saturated carbocycles. The monoisotopic (exact) mass is 539 g/mol. The molecule has 1 saturated heterocycles. The second-order valence-corrected chi connectivity index (χ2v) is 9.50. The van der Waals surface area contributed by atoms with E-state index in [4.69, 9.17) is 11.6 Å². The Morgan fingerprint density at radius 1 is 1.45 bits per heavy atom. The molecule has 16 nitrogen and oxygen atoms in total. The number of anilines is 1. The van der Waals surface area contributed by atoms with Crippen LogP contribution in [0.4, 0.5) is 5.13 Å². The number of nitrogens with zero attached hydrogens (tertiary/aromatic N) is 7. The lowest BCUT2D eigenvalue weighted by Crippen LogP contribution is -2.71. The number of aromatic nitrogens is 5. The molecule has 0 unspecified atom stereocenters. The van der Waals surface area contributed by atoms with E-state index in [1.54, 1.807) is 0 Å². The van der Waals surface area contributed by atoms with Crippen molar-refractivity contribution >= 4 is 73.6 Å². The van der Waals surface area contributed by atoms with Crippen molar-refractivity contribution in [3.05, 3.63) is 11.1 Å². The third-order valence-electron chi connectivity index (χ3n) is 3.85. The molecule has 2 aromatic rings. The molecule has 0 aromatic carbocycles. The Balaban J connectivity index is 1.82. The highest BCUT2D eigenvalue weighted by Crippen LogP contribution is 2.35. The zero-order chi connectivity index (χ0) is 24.3. The van der Waals surface area contributed by atoms with Crippen molar-refractivity contribution in [3.8, 4) is 0 Å². The minimum Gasteiger partial charge on any atom is -0.398 e. The van der Waals surface area contributed by atoms with E-state index >= 15 is 0 Å². The normalized spacial score (nSPS) is 18.6. The van der Waals surface area contributed by atoms with Crippen molar-refractivity contribution in [2.24, 2.45) is 12.2 Å². The van der Waals surface area contributed by atoms with Gasteiger partial charge in [-0.2, -0.15) is 12.7 Å². The molecule has 0 radical (unpaired) electrons. The van der Waals surface area contributed by atoms with Crippen LogP contribution in [0.1, 0.15) is 5.69 Å². The molecular formula is C13H14ClN9O7S3. The summed E-state index contributed by atoms with van der Waals surface area (Å²) in [4.78, 5) is 45.4. The molecule has 33 heavy (non-hydrogen) atoms. The van der Waals surface area contributed by atoms with Crippen LogP contribution >= 0.6 is 34.7 Å². The summed E-state index contributed by atoms with van der Waals surface area (Å²) in [6.07, 6.45) is 0. The van der Waals surface area contributed by atoms with Gasteiger partial charge in [-0.1, -0.05) is 16.9 Å². The Labute approximate surface area is 198 Å². The molecule has 2 aromatic heterocycles. The maximum atomic E-state index is 12.8. The summed E-state index contributed by atoms with van der Waals surface area (Å²) in [5.41, 5.74) is -0.355. The van der Waals surface area contributed by atoms with Crippen LogP contribution in [0.3, 0.4) is 0 Å². The van der Waals surface area contributed by atoms with Crippen LogP contribution in [0, 0.1) is 0 Å². The molecule has 0 aliphatic carbocycles. The van der Waals surface area contributed by atoms with Crippen LogP contribution in [0.5, 0.6) is 0 Å². The molecule has 3 rings (SSSR count). The molecule has 20 heteroatoms. The minimum absolute atomic E-state index is 0.00401. The maximum Gasteiger partial charge on any atom is 0.363 e. The molecule has 0 bridgehead atoms. The number of amides is 3. The summed E-state index contributed by atoms with van der Waals surface area (Å²) >= 11 is 7.13. The van der Waals surface area contributed by atoms with Crippen molar-refractivity contribution < 1.29 is 32.2 Å². The minimum atomic E-state index is -4.93. The van der Waals surface area contributed by atoms with E-state index in [1.807, 2.05) is 0 Å². The van der Waals surface area contributed by atoms with E-state index in [9.17, 15) is 27.4 Å². The number of hydrogen-bond donors (Lipinski definition) is 3. The summed E-state index contributed by atoms with van der Waals surface area (Å²) in [5.74, 6) is -2.85. The topological polar surface area (TPSA) is 211 Å². The van der Waals surface area contributed by atoms with Crippen molar-refractivity contribution in [1.29, 1.82) is 0 Å². The molecule has 178 valence electrons. The standard InChI is InChI=1S/C13H14ClN9O7S3/c1-22-13(18-20-21-22)32-11-8(10(26)23(11)33(27,28)29)17-9(25)7(19-30-2)5-4-31-12(15-5)16-6(24)3-14/h4,8,11H,3H2,1-2H3,(H,17,25)(H,15,16,24)(H,27,28,29)/b19-7-/t8-,11-/m1/s1. The first kappa shape index (κ1) is 24.8. The number of halogens is 1. The van der Waals surface area contributed by atoms with E-state index in [0.717, 1.165) is 23.1 Å². The Kier molecular flexibility index (Phi) is 7.47. The van der Waals surface area contributed by atoms with E-state index in [-0.39, 0.29) is 31.9 Å². The lowest BCUT2D eigenvalue weighted by molar-refractivity contribution is -0.141. The number of nitrogens with one attached hydrogen (secondary N) is 2. The molecule has 3 amide bonds. The summed E-state index contributed by atoms with van der Waals surface area (Å²) in [7, 11) is -2.28. The zero-order valence-electron chi connectivity index (χ0n) is 16.6. The quantitative estimate of drug-likeness (QED) is 0.108. The van der Waals surface area contributed by atoms with Crippen molar-refractivity contribution in [2.75, 3.05) is 18.3 Å². The molecule has 1 aliphatic heterocycles. The number of alkyl halides is 1. The number of carbonyl (C=O) groups is 3. The van der Waals surface area contributed by atoms with Crippen LogP contribution < -0.4 is 10.6 Å². The van der Waals surface area contributed by atoms with Crippen molar-refractivity contribution in [1.82, 2.24) is 34.8 Å². The zero-order valence-corrected chi connectivity index (χ0v) is 19.8. The van der Waals surface area contributed by atoms with Gasteiger partial charge in [0, 0.05) is 12.4 Å².